The van der Waals surface area contributed by atoms with Gasteiger partial charge in [-0.05, 0) is 93.3 Å². The van der Waals surface area contributed by atoms with Crippen LogP contribution in [-0.2, 0) is 36.5 Å². The number of hydrogen-bond donors (Lipinski definition) is 3. The van der Waals surface area contributed by atoms with Crippen molar-refractivity contribution in [3.05, 3.63) is 106 Å². The smallest absolute Gasteiger partial charge is 0.246 e. The van der Waals surface area contributed by atoms with Crippen LogP contribution in [0.1, 0.15) is 141 Å². The predicted octanol–water partition coefficient (Wildman–Crippen LogP) is 12.5. The molecule has 7 rings (SSSR count). The summed E-state index contributed by atoms with van der Waals surface area (Å²) in [5, 5.41) is 7.02. The summed E-state index contributed by atoms with van der Waals surface area (Å²) in [4.78, 5) is 54.5. The summed E-state index contributed by atoms with van der Waals surface area (Å²) < 4.78 is 65.9. The van der Waals surface area contributed by atoms with Crippen molar-refractivity contribution in [1.29, 1.82) is 0 Å². The maximum atomic E-state index is 16.1. The van der Waals surface area contributed by atoms with Crippen molar-refractivity contribution in [2.75, 3.05) is 32.9 Å². The number of carbonyl (C=O) groups is 3. The number of fused-ring (bicyclic) bond motifs is 3. The summed E-state index contributed by atoms with van der Waals surface area (Å²) in [5.74, 6) is -2.25. The van der Waals surface area contributed by atoms with Crippen LogP contribution in [0, 0.1) is 24.0 Å². The second kappa shape index (κ2) is 24.9. The van der Waals surface area contributed by atoms with Gasteiger partial charge in [0.15, 0.2) is 8.32 Å². The van der Waals surface area contributed by atoms with Crippen LogP contribution in [0.3, 0.4) is 0 Å². The number of hydrogen-bond acceptors (Lipinski definition) is 9. The van der Waals surface area contributed by atoms with Crippen LogP contribution in [0.2, 0.25) is 18.1 Å². The highest BCUT2D eigenvalue weighted by atomic mass is 32.1. The summed E-state index contributed by atoms with van der Waals surface area (Å²) >= 11 is 1.59. The molecule has 0 bridgehead atoms. The van der Waals surface area contributed by atoms with Crippen LogP contribution in [0.25, 0.3) is 21.3 Å². The van der Waals surface area contributed by atoms with Gasteiger partial charge in [0.05, 0.1) is 41.4 Å². The zero-order chi connectivity index (χ0) is 56.0. The molecule has 5 aromatic rings. The minimum atomic E-state index is -2.26. The number of likely N-dealkylation sites (tertiary alicyclic amines) is 1. The molecule has 0 spiro atoms. The third kappa shape index (κ3) is 15.0. The van der Waals surface area contributed by atoms with Gasteiger partial charge >= 0.3 is 0 Å². The van der Waals surface area contributed by atoms with Crippen LogP contribution in [-0.4, -0.2) is 109 Å². The van der Waals surface area contributed by atoms with Gasteiger partial charge in [0.2, 0.25) is 17.7 Å². The number of amides is 3. The Kier molecular flexibility index (Phi) is 19.3. The van der Waals surface area contributed by atoms with Gasteiger partial charge in [-0.15, -0.1) is 11.3 Å². The number of unbranched alkanes of at least 4 members (excludes halogenated alkanes) is 4. The molecule has 2 aliphatic heterocycles. The Hall–Kier alpha value is -5.07. The molecule has 0 radical (unpaired) electrons. The quantitative estimate of drug-likeness (QED) is 0.0434. The third-order valence-corrected chi connectivity index (χ3v) is 21.1. The molecule has 4 heterocycles. The van der Waals surface area contributed by atoms with Gasteiger partial charge in [-0.1, -0.05) is 103 Å². The number of nitrogens with one attached hydrogen (secondary N) is 3. The Morgan fingerprint density at radius 3 is 2.21 bits per heavy atom. The van der Waals surface area contributed by atoms with E-state index < -0.39 is 49.2 Å². The number of aryl methyl sites for hydroxylation is 1. The first-order valence-electron chi connectivity index (χ1n) is 27.5. The topological polar surface area (TPSA) is 138 Å². The number of aromatic amines is 1. The molecule has 3 N–H and O–H groups in total. The minimum absolute atomic E-state index is 0.00275. The van der Waals surface area contributed by atoms with Crippen molar-refractivity contribution in [2.45, 2.75) is 181 Å². The van der Waals surface area contributed by atoms with Crippen molar-refractivity contribution >= 4 is 48.3 Å². The lowest BCUT2D eigenvalue weighted by molar-refractivity contribution is -0.144. The number of H-pyrrole nitrogens is 1. The monoisotopic (exact) mass is 1100 g/mol. The van der Waals surface area contributed by atoms with Gasteiger partial charge < -0.3 is 34.4 Å². The second-order valence-corrected chi connectivity index (χ2v) is 30.1. The van der Waals surface area contributed by atoms with Crippen LogP contribution in [0.15, 0.2) is 66.2 Å². The molecule has 3 aromatic carbocycles. The molecular weight excluding hydrogens is 1020 g/mol. The average Bonchev–Trinajstić information content (AvgIpc) is 4.15. The molecule has 1 fully saturated rings. The number of alkyl halides is 1. The molecule has 77 heavy (non-hydrogen) atoms. The molecule has 2 aromatic heterocycles. The fraction of sp³-hybridized carbons (Fsp3) is 0.567. The Bertz CT molecular complexity index is 2790. The number of aromatic nitrogens is 2. The van der Waals surface area contributed by atoms with E-state index in [1.165, 1.54) is 26.0 Å². The lowest BCUT2D eigenvalue weighted by atomic mass is 9.85. The number of nitrogens with zero attached hydrogens (tertiary/aromatic N) is 3. The molecule has 12 nitrogen and oxygen atoms in total. The van der Waals surface area contributed by atoms with Crippen LogP contribution in [0.5, 0.6) is 5.75 Å². The Morgan fingerprint density at radius 1 is 0.909 bits per heavy atom. The maximum Gasteiger partial charge on any atom is 0.246 e. The molecule has 2 aliphatic rings. The van der Waals surface area contributed by atoms with Gasteiger partial charge in [0, 0.05) is 79.4 Å². The van der Waals surface area contributed by atoms with Crippen LogP contribution in [0.4, 0.5) is 13.2 Å². The molecule has 420 valence electrons. The summed E-state index contributed by atoms with van der Waals surface area (Å²) in [7, 11) is -2.26. The van der Waals surface area contributed by atoms with Crippen molar-refractivity contribution in [2.24, 2.45) is 5.41 Å². The van der Waals surface area contributed by atoms with E-state index in [1.807, 2.05) is 93.6 Å². The van der Waals surface area contributed by atoms with E-state index in [1.54, 1.807) is 16.2 Å². The first kappa shape index (κ1) is 59.6. The van der Waals surface area contributed by atoms with Gasteiger partial charge in [-0.2, -0.15) is 0 Å². The minimum Gasteiger partial charge on any atom is -0.493 e. The molecule has 1 saturated heterocycles. The predicted molar refractivity (Wildman–Crippen MR) is 303 cm³/mol. The van der Waals surface area contributed by atoms with Crippen molar-refractivity contribution < 1.29 is 41.5 Å². The van der Waals surface area contributed by atoms with E-state index in [-0.39, 0.29) is 78.9 Å². The molecule has 17 heteroatoms. The number of halogens is 3. The van der Waals surface area contributed by atoms with Crippen LogP contribution >= 0.6 is 11.3 Å². The van der Waals surface area contributed by atoms with Crippen LogP contribution < -0.4 is 15.4 Å². The number of benzene rings is 3. The van der Waals surface area contributed by atoms with E-state index in [2.05, 4.69) is 54.5 Å². The first-order chi connectivity index (χ1) is 36.2. The summed E-state index contributed by atoms with van der Waals surface area (Å²) in [6.07, 6.45) is 4.82. The SMILES string of the molecule is Cc1ncsc1-c1ccc(CNC(=O)[C@@H]2C[C@@H](O[Si](C)(C)C(C)(C)C)CN2C(=O)C(NC(=O)CCOCCCCCCCOc2cc(F)c([C@@H]3c4[nH]c5ccccc5c4C[C@@H](C)N3CC(C)(C)F)c(F)c2)C(C)(C)C)cc1. The Labute approximate surface area is 459 Å². The van der Waals surface area contributed by atoms with Crippen molar-refractivity contribution in [3.8, 4) is 16.2 Å². The number of rotatable bonds is 23. The number of ether oxygens (including phenoxy) is 2. The lowest BCUT2D eigenvalue weighted by Crippen LogP contribution is -2.57. The lowest BCUT2D eigenvalue weighted by Gasteiger charge is -2.43. The standard InChI is InChI=1S/C60H83F3N6O6SSi/c1-38-30-45-44-20-16-17-21-48(44)66-52(45)53(69(38)36-60(9,10)63)51-46(61)31-42(32-47(51)62)74-28-19-15-13-14-18-27-73-29-26-50(70)67-55(58(3,4)5)57(72)68-35-43(75-77(11,12)59(6,7)8)33-49(68)56(71)64-34-40-22-24-41(25-23-40)54-39(2)65-37-76-54/h16-17,20-25,31-32,37-38,43,49,53,55,66H,13-15,18-19,26-30,33-36H2,1-12H3,(H,64,71)(H,67,70)/t38-,43-,49+,53-,55?/m1/s1. The molecule has 3 amide bonds. The van der Waals surface area contributed by atoms with Crippen molar-refractivity contribution in [3.63, 3.8) is 0 Å². The average molecular weight is 1100 g/mol. The van der Waals surface area contributed by atoms with Gasteiger partial charge in [-0.3, -0.25) is 19.3 Å². The van der Waals surface area contributed by atoms with Gasteiger partial charge in [0.1, 0.15) is 35.1 Å². The maximum absolute atomic E-state index is 16.1. The highest BCUT2D eigenvalue weighted by molar-refractivity contribution is 7.13. The summed E-state index contributed by atoms with van der Waals surface area (Å²) in [6, 6.07) is 15.6. The summed E-state index contributed by atoms with van der Waals surface area (Å²) in [6.45, 7) is 25.0. The van der Waals surface area contributed by atoms with E-state index in [4.69, 9.17) is 13.9 Å². The largest absolute Gasteiger partial charge is 0.493 e. The zero-order valence-electron chi connectivity index (χ0n) is 47.5. The highest BCUT2D eigenvalue weighted by Crippen LogP contribution is 2.44. The van der Waals surface area contributed by atoms with Gasteiger partial charge in [0.25, 0.3) is 0 Å². The fourth-order valence-electron chi connectivity index (χ4n) is 10.4. The fourth-order valence-corrected chi connectivity index (χ4v) is 12.5. The van der Waals surface area contributed by atoms with E-state index in [0.29, 0.717) is 38.1 Å². The number of thiazole rings is 1. The number of carbonyl (C=O) groups excluding carboxylic acids is 3. The first-order valence-corrected chi connectivity index (χ1v) is 31.3. The zero-order valence-corrected chi connectivity index (χ0v) is 49.3. The van der Waals surface area contributed by atoms with Crippen molar-refractivity contribution in [1.82, 2.24) is 30.4 Å². The Balaban J connectivity index is 0.852. The summed E-state index contributed by atoms with van der Waals surface area (Å²) in [5.41, 5.74) is 4.98. The van der Waals surface area contributed by atoms with E-state index >= 15 is 13.2 Å². The Morgan fingerprint density at radius 2 is 1.57 bits per heavy atom. The highest BCUT2D eigenvalue weighted by Gasteiger charge is 2.48. The molecule has 0 saturated carbocycles. The molecule has 1 unspecified atom stereocenters. The third-order valence-electron chi connectivity index (χ3n) is 15.5. The molecule has 5 atom stereocenters. The molecular formula is C60H83F3N6O6SSi. The molecule has 0 aliphatic carbocycles. The van der Waals surface area contributed by atoms with E-state index in [9.17, 15) is 14.4 Å². The number of para-hydroxylation sites is 1. The second-order valence-electron chi connectivity index (χ2n) is 24.5. The van der Waals surface area contributed by atoms with E-state index in [0.717, 1.165) is 63.8 Å². The normalized spacial score (nSPS) is 18.9. The van der Waals surface area contributed by atoms with Gasteiger partial charge in [-0.25, -0.2) is 18.2 Å².